The van der Waals surface area contributed by atoms with Crippen molar-refractivity contribution in [3.05, 3.63) is 144 Å². The summed E-state index contributed by atoms with van der Waals surface area (Å²) in [6.07, 6.45) is 25.3. The largest absolute Gasteiger partial charge is 0.459 e. The summed E-state index contributed by atoms with van der Waals surface area (Å²) in [6, 6.07) is -0.751. The van der Waals surface area contributed by atoms with Crippen LogP contribution in [0, 0.1) is 17.8 Å². The molecule has 4 spiro atoms. The molecule has 0 aromatic rings. The van der Waals surface area contributed by atoms with Crippen molar-refractivity contribution in [1.82, 2.24) is 26.2 Å². The van der Waals surface area contributed by atoms with Crippen molar-refractivity contribution in [3.8, 4) is 0 Å². The highest BCUT2D eigenvalue weighted by molar-refractivity contribution is 5.89. The Morgan fingerprint density at radius 1 is 0.414 bits per heavy atom. The van der Waals surface area contributed by atoms with Gasteiger partial charge in [0.25, 0.3) is 0 Å². The summed E-state index contributed by atoms with van der Waals surface area (Å²) >= 11 is 0. The first kappa shape index (κ1) is 119. The SMILES string of the molecule is CC(/C=C/[C@H]1OC(C)(C)C[C@@]2(CO2)[C@@H]1O)=C\C[C@@H]1O[C@H](C)[C@H](NC(=O)/C=C\[C@@H](C)O)C[C@@H]1C.CC(/C=C/[C@H]1OC(C)(C)C[C@@]2(CO2)[C@@H]1O)=C\C[C@@H]1O[C@H](C)[C@H](NC(=O)/C=C\[C@H](C)OC(=O)N2CCOCC2)C[C@@H]1C.CC(=O)O[C@H](C)/C=C\C(=O)N[C@@H]1CO[C@H](C/C=C(C)/C=C/[C@H]2OC(C)(C)C[C@@]3(CO3)[C@@H]2O)O[C@@H]1C.C[C@@H](O)/C=C\C(=O)N[C@@H]1C[C@H](C)[C@H](C/C=C(/C=C/[C@H]2OC(C)(C)C[C@@]3(CO3)[C@@H]2O)C(F)(F)F)O[C@@H]1C. The number of morpholine rings is 1. The molecule has 0 aliphatic carbocycles. The van der Waals surface area contributed by atoms with E-state index in [1.54, 1.807) is 38.7 Å². The Kier molecular flexibility index (Phi) is 42.4. The molecule has 5 amide bonds. The molecular formula is C109H166F3N5O28. The number of carbonyl (C=O) groups is 6. The minimum Gasteiger partial charge on any atom is -0.459 e. The molecule has 31 atom stereocenters. The second kappa shape index (κ2) is 51.5. The number of alkyl halides is 3. The second-order valence-corrected chi connectivity index (χ2v) is 44.4. The van der Waals surface area contributed by atoms with Crippen LogP contribution in [0.25, 0.3) is 0 Å². The number of amides is 5. The average molecular weight is 2050 g/mol. The van der Waals surface area contributed by atoms with Crippen LogP contribution in [0.2, 0.25) is 0 Å². The van der Waals surface area contributed by atoms with Gasteiger partial charge in [-0.2, -0.15) is 13.2 Å². The van der Waals surface area contributed by atoms with Gasteiger partial charge in [-0.15, -0.1) is 0 Å². The number of aliphatic hydroxyl groups excluding tert-OH is 6. The molecule has 0 aromatic heterocycles. The second-order valence-electron chi connectivity index (χ2n) is 44.4. The summed E-state index contributed by atoms with van der Waals surface area (Å²) in [7, 11) is 0. The monoisotopic (exact) mass is 2050 g/mol. The number of halogens is 3. The first-order valence-electron chi connectivity index (χ1n) is 51.5. The van der Waals surface area contributed by atoms with E-state index in [2.05, 4.69) is 47.3 Å². The topological polar surface area (TPSA) is 436 Å². The highest BCUT2D eigenvalue weighted by atomic mass is 19.4. The van der Waals surface area contributed by atoms with Crippen LogP contribution in [-0.2, 0) is 99.8 Å². The van der Waals surface area contributed by atoms with E-state index in [1.807, 2.05) is 146 Å². The first-order valence-corrected chi connectivity index (χ1v) is 51.5. The standard InChI is InChI=1S/C31H48N2O8.C26H38F3NO6.C26H39NO8.C26H41NO6/c1-20(8-11-26-28(35)31(19-38-31)18-30(5,6)41-26)7-10-25-21(2)17-24(23(4)40-25)32-27(34)12-9-22(3)39-29(36)33-13-15-37-16-14-33;1-15-12-19(30-22(32)11-6-16(2)31)17(3)35-20(15)9-7-18(26(27,28)29)8-10-21-23(33)25(14-34-25)13-24(4,5)36-21;1-16(7-10-21-24(30)26(15-32-26)14-25(5,6)35-21)8-12-23-31-13-20(18(3)34-23)27-22(29)11-9-17(2)33-19(4)28;1-16(8-11-22-24(30)26(15-31-26)14-25(5,6)33-22)7-10-21-17(2)13-20(19(4)32-21)27-23(29)12-9-18(3)28/h7-9,11-12,21-26,28,35H,10,13-19H2,1-6H3,(H,32,34);6-8,10-11,15-17,19-21,23,31,33H,9,12-14H2,1-5H3,(H,30,32);7-11,17-18,20-21,23-24,30H,12-15H2,1-6H3,(H,27,29);7-9,11-12,17-22,24,28,30H,10,13-15H2,1-6H3,(H,27,29)/b11-8+,12-9-,20-7+;10-8+,11-6-,18-7-;10-7+,11-9-,16-8+;11-8+,12-9-,16-7+/t21-,22-,23+,24+,25-,26+,28+,31+;15-,16+,17+,19+,20-,21+,23+,25+;17-,18-,20-,21-,23+,24-,26-;17-,18+,19+,20+,21-,22+,24+,26+/m0010/s1. The van der Waals surface area contributed by atoms with Crippen LogP contribution in [0.5, 0.6) is 0 Å². The third-order valence-electron chi connectivity index (χ3n) is 28.5. The normalized spacial score (nSPS) is 37.5. The van der Waals surface area contributed by atoms with Crippen molar-refractivity contribution in [2.45, 2.75) is 427 Å². The van der Waals surface area contributed by atoms with E-state index in [-0.39, 0.29) is 119 Å². The van der Waals surface area contributed by atoms with E-state index in [0.29, 0.717) is 97.9 Å². The number of hydrogen-bond acceptors (Lipinski definition) is 28. The molecule has 13 heterocycles. The molecule has 0 bridgehead atoms. The number of nitrogens with one attached hydrogen (secondary N) is 4. The van der Waals surface area contributed by atoms with E-state index >= 15 is 0 Å². The Morgan fingerprint density at radius 3 is 1.02 bits per heavy atom. The summed E-state index contributed by atoms with van der Waals surface area (Å²) < 4.78 is 134. The third kappa shape index (κ3) is 36.7. The molecule has 13 saturated heterocycles. The van der Waals surface area contributed by atoms with Gasteiger partial charge >= 0.3 is 18.2 Å². The number of hydrogen-bond donors (Lipinski definition) is 10. The molecule has 145 heavy (non-hydrogen) atoms. The number of epoxide rings is 4. The molecule has 13 fully saturated rings. The molecule has 0 aromatic carbocycles. The van der Waals surface area contributed by atoms with E-state index in [4.69, 9.17) is 75.8 Å². The van der Waals surface area contributed by atoms with Crippen LogP contribution >= 0.6 is 0 Å². The highest BCUT2D eigenvalue weighted by Crippen LogP contribution is 2.51. The van der Waals surface area contributed by atoms with Gasteiger partial charge in [-0.3, -0.25) is 24.0 Å². The molecule has 0 saturated carbocycles. The van der Waals surface area contributed by atoms with E-state index in [9.17, 15) is 72.6 Å². The summed E-state index contributed by atoms with van der Waals surface area (Å²) in [5.41, 5.74) is -1.50. The number of allylic oxidation sites excluding steroid dienone is 8. The average Bonchev–Trinajstić information content (AvgIpc) is 1.60. The maximum atomic E-state index is 13.8. The minimum atomic E-state index is -4.59. The van der Waals surface area contributed by atoms with Crippen molar-refractivity contribution < 1.29 is 148 Å². The summed E-state index contributed by atoms with van der Waals surface area (Å²) in [6.45, 7) is 48.0. The van der Waals surface area contributed by atoms with Crippen molar-refractivity contribution in [3.63, 3.8) is 0 Å². The molecule has 13 aliphatic heterocycles. The molecule has 816 valence electrons. The number of carbonyl (C=O) groups excluding carboxylic acids is 6. The van der Waals surface area contributed by atoms with E-state index in [0.717, 1.165) is 54.6 Å². The predicted octanol–water partition coefficient (Wildman–Crippen LogP) is 11.8. The number of nitrogens with zero attached hydrogens (tertiary/aromatic N) is 1. The zero-order valence-corrected chi connectivity index (χ0v) is 89.0. The molecule has 0 unspecified atom stereocenters. The zero-order chi connectivity index (χ0) is 107. The smallest absolute Gasteiger partial charge is 0.416 e. The van der Waals surface area contributed by atoms with Crippen LogP contribution in [-0.4, -0.2) is 328 Å². The third-order valence-corrected chi connectivity index (χ3v) is 28.5. The molecule has 10 N–H and O–H groups in total. The zero-order valence-electron chi connectivity index (χ0n) is 89.0. The highest BCUT2D eigenvalue weighted by Gasteiger charge is 2.64. The van der Waals surface area contributed by atoms with Crippen LogP contribution in [0.4, 0.5) is 18.0 Å². The van der Waals surface area contributed by atoms with Gasteiger partial charge in [0, 0.05) is 76.4 Å². The lowest BCUT2D eigenvalue weighted by atomic mass is 9.83. The Labute approximate surface area is 854 Å². The number of rotatable bonds is 30. The lowest BCUT2D eigenvalue weighted by Gasteiger charge is -2.41. The maximum Gasteiger partial charge on any atom is 0.416 e. The van der Waals surface area contributed by atoms with Gasteiger partial charge < -0.3 is 133 Å². The van der Waals surface area contributed by atoms with Gasteiger partial charge in [0.1, 0.15) is 83.4 Å². The summed E-state index contributed by atoms with van der Waals surface area (Å²) in [4.78, 5) is 73.6. The predicted molar refractivity (Wildman–Crippen MR) is 535 cm³/mol. The van der Waals surface area contributed by atoms with Gasteiger partial charge in [-0.1, -0.05) is 123 Å². The van der Waals surface area contributed by atoms with Gasteiger partial charge in [-0.05, 0) is 200 Å². The molecule has 33 nitrogen and oxygen atoms in total. The summed E-state index contributed by atoms with van der Waals surface area (Å²) in [5, 5.41) is 72.9. The molecule has 36 heteroatoms. The van der Waals surface area contributed by atoms with Crippen LogP contribution in [0.3, 0.4) is 0 Å². The number of aliphatic hydroxyl groups is 6. The fourth-order valence-electron chi connectivity index (χ4n) is 20.3. The Bertz CT molecular complexity index is 4680. The van der Waals surface area contributed by atoms with Gasteiger partial charge in [0.15, 0.2) is 6.29 Å². The van der Waals surface area contributed by atoms with Crippen molar-refractivity contribution in [2.24, 2.45) is 17.8 Å². The van der Waals surface area contributed by atoms with Crippen molar-refractivity contribution >= 4 is 35.7 Å². The molecule has 13 rings (SSSR count). The molecule has 13 aliphatic rings. The first-order chi connectivity index (χ1) is 67.8. The summed E-state index contributed by atoms with van der Waals surface area (Å²) in [5.74, 6) is -1.08. The van der Waals surface area contributed by atoms with Gasteiger partial charge in [-0.25, -0.2) is 4.79 Å². The maximum absolute atomic E-state index is 13.8. The molecule has 0 radical (unpaired) electrons. The van der Waals surface area contributed by atoms with E-state index in [1.165, 1.54) is 62.5 Å². The quantitative estimate of drug-likeness (QED) is 0.0138. The lowest BCUT2D eigenvalue weighted by Crippen LogP contribution is -2.53. The van der Waals surface area contributed by atoms with Crippen LogP contribution in [0.1, 0.15) is 230 Å². The van der Waals surface area contributed by atoms with Crippen LogP contribution in [0.15, 0.2) is 144 Å². The Balaban J connectivity index is 0.000000199. The number of ether oxygens (including phenoxy) is 16. The number of esters is 1. The Hall–Kier alpha value is -7.51. The molecular weight excluding hydrogens is 1880 g/mol. The van der Waals surface area contributed by atoms with Crippen molar-refractivity contribution in [2.75, 3.05) is 59.3 Å². The minimum absolute atomic E-state index is 0.0373. The fraction of sp³-hybridized carbons (Fsp3) is 0.725. The van der Waals surface area contributed by atoms with Crippen molar-refractivity contribution in [1.29, 1.82) is 0 Å². The van der Waals surface area contributed by atoms with E-state index < -0.39 is 144 Å². The van der Waals surface area contributed by atoms with Gasteiger partial charge in [0.2, 0.25) is 23.6 Å². The lowest BCUT2D eigenvalue weighted by molar-refractivity contribution is -0.217. The fourth-order valence-corrected chi connectivity index (χ4v) is 20.3. The van der Waals surface area contributed by atoms with Gasteiger partial charge in [0.05, 0.1) is 153 Å². The van der Waals surface area contributed by atoms with Crippen LogP contribution < -0.4 is 21.3 Å². The Morgan fingerprint density at radius 2 is 0.710 bits per heavy atom.